The highest BCUT2D eigenvalue weighted by Gasteiger charge is 2.31. The second-order valence-corrected chi connectivity index (χ2v) is 5.39. The lowest BCUT2D eigenvalue weighted by atomic mass is 9.98. The van der Waals surface area contributed by atoms with Gasteiger partial charge in [-0.05, 0) is 39.9 Å². The van der Waals surface area contributed by atoms with Gasteiger partial charge < -0.3 is 10.2 Å². The fourth-order valence-electron chi connectivity index (χ4n) is 2.48. The van der Waals surface area contributed by atoms with Gasteiger partial charge in [-0.1, -0.05) is 0 Å². The van der Waals surface area contributed by atoms with Crippen LogP contribution in [0.2, 0.25) is 0 Å². The van der Waals surface area contributed by atoms with E-state index in [2.05, 4.69) is 31.1 Å². The Hall–Kier alpha value is -0.610. The average molecular weight is 225 g/mol. The topological polar surface area (TPSA) is 35.6 Å². The SMILES string of the molecule is CC1CN(C(=O)CC2CNC2)CC(C)N1C. The van der Waals surface area contributed by atoms with E-state index in [4.69, 9.17) is 0 Å². The first-order chi connectivity index (χ1) is 7.58. The van der Waals surface area contributed by atoms with Crippen LogP contribution in [-0.4, -0.2) is 61.0 Å². The Bertz CT molecular complexity index is 253. The summed E-state index contributed by atoms with van der Waals surface area (Å²) in [5.74, 6) is 0.927. The lowest BCUT2D eigenvalue weighted by Crippen LogP contribution is -2.57. The number of piperazine rings is 1. The van der Waals surface area contributed by atoms with E-state index in [9.17, 15) is 4.79 Å². The van der Waals surface area contributed by atoms with Crippen molar-refractivity contribution in [1.29, 1.82) is 0 Å². The predicted molar refractivity (Wildman–Crippen MR) is 64.2 cm³/mol. The summed E-state index contributed by atoms with van der Waals surface area (Å²) in [5, 5.41) is 3.22. The number of carbonyl (C=O) groups is 1. The van der Waals surface area contributed by atoms with Crippen LogP contribution in [0.25, 0.3) is 0 Å². The number of nitrogens with one attached hydrogen (secondary N) is 1. The van der Waals surface area contributed by atoms with Gasteiger partial charge in [0.2, 0.25) is 5.91 Å². The number of nitrogens with zero attached hydrogens (tertiary/aromatic N) is 2. The zero-order chi connectivity index (χ0) is 11.7. The molecule has 0 saturated carbocycles. The third-order valence-corrected chi connectivity index (χ3v) is 4.04. The van der Waals surface area contributed by atoms with Crippen molar-refractivity contribution in [3.63, 3.8) is 0 Å². The third kappa shape index (κ3) is 2.38. The van der Waals surface area contributed by atoms with Gasteiger partial charge >= 0.3 is 0 Å². The van der Waals surface area contributed by atoms with E-state index in [0.717, 1.165) is 32.6 Å². The summed E-state index contributed by atoms with van der Waals surface area (Å²) < 4.78 is 0. The van der Waals surface area contributed by atoms with Crippen molar-refractivity contribution in [2.45, 2.75) is 32.4 Å². The molecule has 0 aromatic heterocycles. The smallest absolute Gasteiger partial charge is 0.223 e. The molecule has 0 aromatic rings. The monoisotopic (exact) mass is 225 g/mol. The van der Waals surface area contributed by atoms with Gasteiger partial charge in [0.1, 0.15) is 0 Å². The zero-order valence-electron chi connectivity index (χ0n) is 10.6. The first-order valence-corrected chi connectivity index (χ1v) is 6.28. The van der Waals surface area contributed by atoms with Gasteiger partial charge in [0.05, 0.1) is 0 Å². The highest BCUT2D eigenvalue weighted by Crippen LogP contribution is 2.17. The van der Waals surface area contributed by atoms with Crippen molar-refractivity contribution in [3.8, 4) is 0 Å². The fraction of sp³-hybridized carbons (Fsp3) is 0.917. The number of likely N-dealkylation sites (N-methyl/N-ethyl adjacent to an activating group) is 1. The quantitative estimate of drug-likeness (QED) is 0.726. The van der Waals surface area contributed by atoms with Crippen LogP contribution in [0, 0.1) is 5.92 Å². The van der Waals surface area contributed by atoms with Crippen molar-refractivity contribution in [2.75, 3.05) is 33.2 Å². The van der Waals surface area contributed by atoms with E-state index in [1.54, 1.807) is 0 Å². The molecular formula is C12H23N3O. The van der Waals surface area contributed by atoms with Crippen LogP contribution in [0.3, 0.4) is 0 Å². The molecule has 4 heteroatoms. The molecule has 1 N–H and O–H groups in total. The molecular weight excluding hydrogens is 202 g/mol. The summed E-state index contributed by atoms with van der Waals surface area (Å²) in [6, 6.07) is 0.958. The number of hydrogen-bond acceptors (Lipinski definition) is 3. The lowest BCUT2D eigenvalue weighted by Gasteiger charge is -2.43. The molecule has 1 amide bonds. The maximum Gasteiger partial charge on any atom is 0.223 e. The summed E-state index contributed by atoms with van der Waals surface area (Å²) in [7, 11) is 2.15. The maximum atomic E-state index is 12.1. The van der Waals surface area contributed by atoms with Crippen LogP contribution in [0.15, 0.2) is 0 Å². The highest BCUT2D eigenvalue weighted by atomic mass is 16.2. The van der Waals surface area contributed by atoms with Gasteiger partial charge in [0, 0.05) is 31.6 Å². The minimum Gasteiger partial charge on any atom is -0.340 e. The van der Waals surface area contributed by atoms with E-state index >= 15 is 0 Å². The fourth-order valence-corrected chi connectivity index (χ4v) is 2.48. The lowest BCUT2D eigenvalue weighted by molar-refractivity contribution is -0.136. The van der Waals surface area contributed by atoms with Gasteiger partial charge in [-0.3, -0.25) is 9.69 Å². The van der Waals surface area contributed by atoms with Crippen LogP contribution in [0.5, 0.6) is 0 Å². The van der Waals surface area contributed by atoms with Crippen molar-refractivity contribution in [2.24, 2.45) is 5.92 Å². The molecule has 2 heterocycles. The second kappa shape index (κ2) is 4.72. The Balaban J connectivity index is 1.86. The van der Waals surface area contributed by atoms with E-state index in [1.807, 2.05) is 4.90 Å². The summed E-state index contributed by atoms with van der Waals surface area (Å²) in [6.07, 6.45) is 0.732. The van der Waals surface area contributed by atoms with Crippen molar-refractivity contribution < 1.29 is 4.79 Å². The summed E-state index contributed by atoms with van der Waals surface area (Å²) >= 11 is 0. The van der Waals surface area contributed by atoms with Crippen molar-refractivity contribution >= 4 is 5.91 Å². The molecule has 0 radical (unpaired) electrons. The summed E-state index contributed by atoms with van der Waals surface area (Å²) in [4.78, 5) is 16.5. The second-order valence-electron chi connectivity index (χ2n) is 5.39. The molecule has 2 saturated heterocycles. The first-order valence-electron chi connectivity index (χ1n) is 6.28. The summed E-state index contributed by atoms with van der Waals surface area (Å²) in [6.45, 7) is 8.20. The van der Waals surface area contributed by atoms with Crippen LogP contribution >= 0.6 is 0 Å². The average Bonchev–Trinajstić information content (AvgIpc) is 2.19. The molecule has 0 aliphatic carbocycles. The molecule has 2 atom stereocenters. The summed E-state index contributed by atoms with van der Waals surface area (Å²) in [5.41, 5.74) is 0. The highest BCUT2D eigenvalue weighted by molar-refractivity contribution is 5.76. The predicted octanol–water partition coefficient (Wildman–Crippen LogP) is 0.147. The van der Waals surface area contributed by atoms with Crippen LogP contribution in [0.4, 0.5) is 0 Å². The Kier molecular flexibility index (Phi) is 3.50. The number of carbonyl (C=O) groups excluding carboxylic acids is 1. The molecule has 4 nitrogen and oxygen atoms in total. The van der Waals surface area contributed by atoms with E-state index < -0.39 is 0 Å². The van der Waals surface area contributed by atoms with Crippen LogP contribution < -0.4 is 5.32 Å². The Morgan fingerprint density at radius 2 is 1.81 bits per heavy atom. The molecule has 0 spiro atoms. The standard InChI is InChI=1S/C12H23N3O/c1-9-7-15(8-10(2)14(9)3)12(16)4-11-5-13-6-11/h9-11,13H,4-8H2,1-3H3. The van der Waals surface area contributed by atoms with Gasteiger partial charge in [-0.2, -0.15) is 0 Å². The van der Waals surface area contributed by atoms with E-state index in [0.29, 0.717) is 23.9 Å². The van der Waals surface area contributed by atoms with Gasteiger partial charge in [-0.15, -0.1) is 0 Å². The number of hydrogen-bond donors (Lipinski definition) is 1. The molecule has 2 aliphatic heterocycles. The zero-order valence-corrected chi connectivity index (χ0v) is 10.6. The van der Waals surface area contributed by atoms with E-state index in [1.165, 1.54) is 0 Å². The Morgan fingerprint density at radius 3 is 2.25 bits per heavy atom. The van der Waals surface area contributed by atoms with Gasteiger partial charge in [0.25, 0.3) is 0 Å². The van der Waals surface area contributed by atoms with Crippen LogP contribution in [-0.2, 0) is 4.79 Å². The molecule has 2 unspecified atom stereocenters. The molecule has 2 aliphatic rings. The van der Waals surface area contributed by atoms with Crippen molar-refractivity contribution in [3.05, 3.63) is 0 Å². The van der Waals surface area contributed by atoms with Crippen LogP contribution in [0.1, 0.15) is 20.3 Å². The van der Waals surface area contributed by atoms with Gasteiger partial charge in [0.15, 0.2) is 0 Å². The number of amides is 1. The molecule has 16 heavy (non-hydrogen) atoms. The molecule has 2 fully saturated rings. The minimum absolute atomic E-state index is 0.346. The van der Waals surface area contributed by atoms with E-state index in [-0.39, 0.29) is 0 Å². The number of rotatable bonds is 2. The normalized spacial score (nSPS) is 32.6. The Morgan fingerprint density at radius 1 is 1.25 bits per heavy atom. The molecule has 92 valence electrons. The largest absolute Gasteiger partial charge is 0.340 e. The maximum absolute atomic E-state index is 12.1. The molecule has 0 aromatic carbocycles. The van der Waals surface area contributed by atoms with Crippen molar-refractivity contribution in [1.82, 2.24) is 15.1 Å². The first kappa shape index (κ1) is 11.9. The third-order valence-electron chi connectivity index (χ3n) is 4.04. The molecule has 0 bridgehead atoms. The minimum atomic E-state index is 0.346. The molecule has 2 rings (SSSR count). The Labute approximate surface area is 98.0 Å². The van der Waals surface area contributed by atoms with Gasteiger partial charge in [-0.25, -0.2) is 0 Å².